The summed E-state index contributed by atoms with van der Waals surface area (Å²) in [6.45, 7) is 9.54. The quantitative estimate of drug-likeness (QED) is 0.289. The molecule has 0 unspecified atom stereocenters. The number of isocyanates is 1. The lowest BCUT2D eigenvalue weighted by atomic mass is 10.4. The van der Waals surface area contributed by atoms with Crippen LogP contribution in [-0.2, 0) is 14.3 Å². The Kier molecular flexibility index (Phi) is 11.5. The van der Waals surface area contributed by atoms with Gasteiger partial charge in [-0.05, 0) is 20.8 Å². The van der Waals surface area contributed by atoms with Crippen molar-refractivity contribution in [3.8, 4) is 0 Å². The Morgan fingerprint density at radius 2 is 2.08 bits per heavy atom. The molecule has 0 saturated carbocycles. The molecule has 0 N–H and O–H groups in total. The minimum absolute atomic E-state index is 0.312. The van der Waals surface area contributed by atoms with Crippen LogP contribution in [0.3, 0.4) is 0 Å². The van der Waals surface area contributed by atoms with Crippen molar-refractivity contribution >= 4 is 12.0 Å². The number of esters is 1. The molecule has 4 nitrogen and oxygen atoms in total. The Labute approximate surface area is 78.3 Å². The van der Waals surface area contributed by atoms with E-state index in [1.165, 1.54) is 6.08 Å². The molecule has 0 aromatic rings. The number of carbonyl (C=O) groups is 1. The van der Waals surface area contributed by atoms with Gasteiger partial charge in [0, 0.05) is 12.1 Å². The van der Waals surface area contributed by atoms with Crippen LogP contribution in [0.15, 0.2) is 17.1 Å². The van der Waals surface area contributed by atoms with Crippen LogP contribution in [0.25, 0.3) is 0 Å². The van der Waals surface area contributed by atoms with Gasteiger partial charge in [-0.1, -0.05) is 6.58 Å². The average Bonchev–Trinajstić information content (AvgIpc) is 2.07. The number of hydrogen-bond acceptors (Lipinski definition) is 4. The van der Waals surface area contributed by atoms with E-state index in [1.54, 1.807) is 20.8 Å². The number of aliphatic imine (C=N–C) groups is 1. The van der Waals surface area contributed by atoms with E-state index >= 15 is 0 Å². The summed E-state index contributed by atoms with van der Waals surface area (Å²) in [7, 11) is 0. The standard InChI is InChI=1S/C6H10O2.C3H5NO/c1-4-8-6(7)5(2)3;1-2-4-3-5/h2,4H2,1,3H3;2H2,1H3. The predicted molar refractivity (Wildman–Crippen MR) is 50.1 cm³/mol. The largest absolute Gasteiger partial charge is 0.463 e. The highest BCUT2D eigenvalue weighted by Gasteiger charge is 1.98. The maximum absolute atomic E-state index is 10.4. The summed E-state index contributed by atoms with van der Waals surface area (Å²) in [5.74, 6) is -0.312. The van der Waals surface area contributed by atoms with Crippen molar-refractivity contribution in [2.45, 2.75) is 20.8 Å². The zero-order chi connectivity index (χ0) is 10.7. The van der Waals surface area contributed by atoms with E-state index in [0.29, 0.717) is 18.7 Å². The molecule has 0 bridgehead atoms. The van der Waals surface area contributed by atoms with Crippen molar-refractivity contribution in [2.24, 2.45) is 4.99 Å². The average molecular weight is 185 g/mol. The molecule has 0 atom stereocenters. The molecule has 0 rings (SSSR count). The molecule has 0 fully saturated rings. The van der Waals surface area contributed by atoms with Crippen LogP contribution in [0.4, 0.5) is 0 Å². The minimum Gasteiger partial charge on any atom is -0.463 e. The summed E-state index contributed by atoms with van der Waals surface area (Å²) in [5, 5.41) is 0. The molecule has 0 heterocycles. The van der Waals surface area contributed by atoms with Crippen molar-refractivity contribution < 1.29 is 14.3 Å². The first kappa shape index (κ1) is 14.1. The van der Waals surface area contributed by atoms with E-state index in [1.807, 2.05) is 0 Å². The number of nitrogens with zero attached hydrogens (tertiary/aromatic N) is 1. The molecule has 0 radical (unpaired) electrons. The van der Waals surface area contributed by atoms with Gasteiger partial charge in [-0.3, -0.25) is 0 Å². The fourth-order valence-corrected chi connectivity index (χ4v) is 0.319. The Bertz CT molecular complexity index is 205. The van der Waals surface area contributed by atoms with Gasteiger partial charge in [0.05, 0.1) is 6.61 Å². The maximum Gasteiger partial charge on any atom is 0.333 e. The minimum atomic E-state index is -0.312. The molecule has 0 amide bonds. The van der Waals surface area contributed by atoms with Gasteiger partial charge >= 0.3 is 5.97 Å². The number of ether oxygens (including phenoxy) is 1. The van der Waals surface area contributed by atoms with Gasteiger partial charge in [-0.2, -0.15) is 0 Å². The van der Waals surface area contributed by atoms with E-state index in [2.05, 4.69) is 16.3 Å². The van der Waals surface area contributed by atoms with Gasteiger partial charge in [0.25, 0.3) is 0 Å². The summed E-state index contributed by atoms with van der Waals surface area (Å²) in [4.78, 5) is 22.7. The van der Waals surface area contributed by atoms with E-state index in [0.717, 1.165) is 0 Å². The van der Waals surface area contributed by atoms with Crippen molar-refractivity contribution in [3.05, 3.63) is 12.2 Å². The van der Waals surface area contributed by atoms with Crippen LogP contribution in [-0.4, -0.2) is 25.2 Å². The lowest BCUT2D eigenvalue weighted by Gasteiger charge is -1.96. The summed E-state index contributed by atoms with van der Waals surface area (Å²) in [6.07, 6.45) is 1.39. The lowest BCUT2D eigenvalue weighted by molar-refractivity contribution is -0.138. The molecule has 74 valence electrons. The normalized spacial score (nSPS) is 7.31. The van der Waals surface area contributed by atoms with Crippen LogP contribution in [0, 0.1) is 0 Å². The molecule has 13 heavy (non-hydrogen) atoms. The molecule has 0 aliphatic heterocycles. The van der Waals surface area contributed by atoms with Crippen LogP contribution >= 0.6 is 0 Å². The molecule has 0 spiro atoms. The van der Waals surface area contributed by atoms with E-state index < -0.39 is 0 Å². The molecule has 4 heteroatoms. The van der Waals surface area contributed by atoms with Crippen molar-refractivity contribution in [3.63, 3.8) is 0 Å². The Morgan fingerprint density at radius 1 is 1.54 bits per heavy atom. The number of hydrogen-bond donors (Lipinski definition) is 0. The second-order valence-corrected chi connectivity index (χ2v) is 2.07. The van der Waals surface area contributed by atoms with Crippen LogP contribution in [0.5, 0.6) is 0 Å². The topological polar surface area (TPSA) is 55.7 Å². The summed E-state index contributed by atoms with van der Waals surface area (Å²) in [5.41, 5.74) is 0.451. The van der Waals surface area contributed by atoms with Gasteiger partial charge in [-0.15, -0.1) is 0 Å². The van der Waals surface area contributed by atoms with Crippen molar-refractivity contribution in [1.82, 2.24) is 0 Å². The predicted octanol–water partition coefficient (Wildman–Crippen LogP) is 1.47. The third-order valence-electron chi connectivity index (χ3n) is 0.847. The fourth-order valence-electron chi connectivity index (χ4n) is 0.319. The smallest absolute Gasteiger partial charge is 0.333 e. The monoisotopic (exact) mass is 185 g/mol. The zero-order valence-electron chi connectivity index (χ0n) is 8.29. The van der Waals surface area contributed by atoms with Crippen LogP contribution in [0.2, 0.25) is 0 Å². The fraction of sp³-hybridized carbons (Fsp3) is 0.556. The third kappa shape index (κ3) is 13.6. The highest BCUT2D eigenvalue weighted by atomic mass is 16.5. The van der Waals surface area contributed by atoms with Gasteiger partial charge in [0.1, 0.15) is 0 Å². The van der Waals surface area contributed by atoms with Crippen LogP contribution < -0.4 is 0 Å². The molecule has 0 saturated heterocycles. The van der Waals surface area contributed by atoms with Gasteiger partial charge < -0.3 is 4.74 Å². The first-order valence-corrected chi connectivity index (χ1v) is 3.96. The van der Waals surface area contributed by atoms with Crippen molar-refractivity contribution in [2.75, 3.05) is 13.2 Å². The summed E-state index contributed by atoms with van der Waals surface area (Å²) >= 11 is 0. The van der Waals surface area contributed by atoms with Gasteiger partial charge in [0.2, 0.25) is 6.08 Å². The molecule has 0 aliphatic carbocycles. The highest BCUT2D eigenvalue weighted by molar-refractivity contribution is 5.86. The van der Waals surface area contributed by atoms with Gasteiger partial charge in [0.15, 0.2) is 0 Å². The highest BCUT2D eigenvalue weighted by Crippen LogP contribution is 1.89. The van der Waals surface area contributed by atoms with E-state index in [9.17, 15) is 4.79 Å². The molecular weight excluding hydrogens is 170 g/mol. The zero-order valence-corrected chi connectivity index (χ0v) is 8.29. The first-order chi connectivity index (χ1) is 6.09. The second kappa shape index (κ2) is 10.6. The van der Waals surface area contributed by atoms with Gasteiger partial charge in [-0.25, -0.2) is 14.6 Å². The molecule has 0 aliphatic rings. The number of carbonyl (C=O) groups excluding carboxylic acids is 2. The van der Waals surface area contributed by atoms with E-state index in [-0.39, 0.29) is 5.97 Å². The molecule has 0 aromatic heterocycles. The second-order valence-electron chi connectivity index (χ2n) is 2.07. The third-order valence-corrected chi connectivity index (χ3v) is 0.847. The molecule has 0 aromatic carbocycles. The lowest BCUT2D eigenvalue weighted by Crippen LogP contribution is -2.03. The number of rotatable bonds is 3. The van der Waals surface area contributed by atoms with E-state index in [4.69, 9.17) is 4.79 Å². The summed E-state index contributed by atoms with van der Waals surface area (Å²) < 4.78 is 4.56. The Hall–Kier alpha value is -1.41. The first-order valence-electron chi connectivity index (χ1n) is 3.96. The Morgan fingerprint density at radius 3 is 2.15 bits per heavy atom. The summed E-state index contributed by atoms with van der Waals surface area (Å²) in [6, 6.07) is 0. The molecular formula is C9H15NO3. The van der Waals surface area contributed by atoms with Crippen molar-refractivity contribution in [1.29, 1.82) is 0 Å². The Balaban J connectivity index is 0. The maximum atomic E-state index is 10.4. The SMILES string of the molecule is C=C(C)C(=O)OCC.CCN=C=O. The van der Waals surface area contributed by atoms with Crippen LogP contribution in [0.1, 0.15) is 20.8 Å².